The van der Waals surface area contributed by atoms with Crippen LogP contribution in [0.15, 0.2) is 0 Å². The summed E-state index contributed by atoms with van der Waals surface area (Å²) in [4.78, 5) is 11.7. The Morgan fingerprint density at radius 2 is 1.95 bits per heavy atom. The van der Waals surface area contributed by atoms with Crippen molar-refractivity contribution in [3.63, 3.8) is 0 Å². The van der Waals surface area contributed by atoms with Gasteiger partial charge in [-0.15, -0.1) is 0 Å². The lowest BCUT2D eigenvalue weighted by Crippen LogP contribution is -2.41. The number of likely N-dealkylation sites (tertiary alicyclic amines) is 1. The molecule has 1 N–H and O–H groups in total. The van der Waals surface area contributed by atoms with E-state index in [1.54, 1.807) is 0 Å². The Bertz CT molecular complexity index is 495. The van der Waals surface area contributed by atoms with Gasteiger partial charge in [0.15, 0.2) is 0 Å². The summed E-state index contributed by atoms with van der Waals surface area (Å²) in [7, 11) is 0. The van der Waals surface area contributed by atoms with Crippen molar-refractivity contribution in [3.05, 3.63) is 16.5 Å². The van der Waals surface area contributed by atoms with E-state index in [4.69, 9.17) is 11.6 Å². The van der Waals surface area contributed by atoms with Crippen LogP contribution in [0, 0.1) is 6.92 Å². The minimum atomic E-state index is 0.530. The van der Waals surface area contributed by atoms with E-state index in [0.717, 1.165) is 23.8 Å². The molecule has 1 atom stereocenters. The van der Waals surface area contributed by atoms with Gasteiger partial charge < -0.3 is 5.32 Å². The van der Waals surface area contributed by atoms with Crippen LogP contribution >= 0.6 is 11.6 Å². The molecule has 1 aromatic rings. The van der Waals surface area contributed by atoms with Crippen molar-refractivity contribution in [2.75, 3.05) is 25.0 Å². The van der Waals surface area contributed by atoms with Crippen LogP contribution in [0.3, 0.4) is 0 Å². The van der Waals surface area contributed by atoms with E-state index in [1.807, 2.05) is 6.92 Å². The van der Waals surface area contributed by atoms with E-state index >= 15 is 0 Å². The second kappa shape index (κ2) is 6.49. The Labute approximate surface area is 132 Å². The quantitative estimate of drug-likeness (QED) is 0.844. The van der Waals surface area contributed by atoms with Crippen molar-refractivity contribution in [2.45, 2.75) is 57.9 Å². The van der Waals surface area contributed by atoms with Crippen LogP contribution in [-0.4, -0.2) is 40.5 Å². The third-order valence-corrected chi connectivity index (χ3v) is 4.99. The van der Waals surface area contributed by atoms with Gasteiger partial charge in [0.2, 0.25) is 0 Å². The number of aromatic nitrogens is 2. The van der Waals surface area contributed by atoms with Crippen molar-refractivity contribution in [2.24, 2.45) is 0 Å². The number of anilines is 1. The molecule has 116 valence electrons. The van der Waals surface area contributed by atoms with Crippen LogP contribution in [0.4, 0.5) is 5.82 Å². The summed E-state index contributed by atoms with van der Waals surface area (Å²) in [6.45, 7) is 7.64. The van der Waals surface area contributed by atoms with Crippen LogP contribution in [0.2, 0.25) is 5.15 Å². The number of halogens is 1. The molecule has 0 radical (unpaired) electrons. The average molecular weight is 309 g/mol. The van der Waals surface area contributed by atoms with Crippen LogP contribution in [-0.2, 0) is 0 Å². The maximum atomic E-state index is 6.25. The molecular weight excluding hydrogens is 284 g/mol. The molecule has 0 amide bonds. The first-order valence-electron chi connectivity index (χ1n) is 8.17. The number of hydrogen-bond donors (Lipinski definition) is 1. The summed E-state index contributed by atoms with van der Waals surface area (Å²) in [5, 5.41) is 4.09. The van der Waals surface area contributed by atoms with Crippen molar-refractivity contribution >= 4 is 17.4 Å². The van der Waals surface area contributed by atoms with E-state index in [1.165, 1.54) is 45.2 Å². The third-order valence-electron chi connectivity index (χ3n) is 4.63. The number of piperidine rings is 1. The zero-order chi connectivity index (χ0) is 14.8. The molecule has 21 heavy (non-hydrogen) atoms. The molecule has 5 heteroatoms. The van der Waals surface area contributed by atoms with Crippen LogP contribution in [0.5, 0.6) is 0 Å². The monoisotopic (exact) mass is 308 g/mol. The minimum Gasteiger partial charge on any atom is -0.368 e. The fourth-order valence-electron chi connectivity index (χ4n) is 2.93. The molecule has 3 rings (SSSR count). The molecule has 4 nitrogen and oxygen atoms in total. The summed E-state index contributed by atoms with van der Waals surface area (Å²) in [5.74, 6) is 2.36. The normalized spacial score (nSPS) is 21.3. The van der Waals surface area contributed by atoms with Crippen LogP contribution in [0.25, 0.3) is 0 Å². The molecular formula is C16H25ClN4. The molecule has 1 aliphatic heterocycles. The topological polar surface area (TPSA) is 41.1 Å². The predicted octanol–water partition coefficient (Wildman–Crippen LogP) is 3.60. The molecule has 1 aromatic heterocycles. The van der Waals surface area contributed by atoms with E-state index in [2.05, 4.69) is 27.1 Å². The van der Waals surface area contributed by atoms with Crippen molar-refractivity contribution in [3.8, 4) is 0 Å². The Kier molecular flexibility index (Phi) is 4.65. The van der Waals surface area contributed by atoms with Crippen molar-refractivity contribution in [1.82, 2.24) is 14.9 Å². The standard InChI is InChI=1S/C16H25ClN4/c1-11(21-8-4-3-5-9-21)10-18-15-12(2)14(17)19-16(20-15)13-6-7-13/h11,13H,3-10H2,1-2H3,(H,18,19,20). The van der Waals surface area contributed by atoms with Gasteiger partial charge in [0, 0.05) is 24.1 Å². The van der Waals surface area contributed by atoms with E-state index in [0.29, 0.717) is 17.1 Å². The van der Waals surface area contributed by atoms with Crippen molar-refractivity contribution < 1.29 is 0 Å². The highest BCUT2D eigenvalue weighted by atomic mass is 35.5. The zero-order valence-electron chi connectivity index (χ0n) is 13.0. The zero-order valence-corrected chi connectivity index (χ0v) is 13.8. The minimum absolute atomic E-state index is 0.530. The maximum absolute atomic E-state index is 6.25. The Hall–Kier alpha value is -0.870. The molecule has 1 aliphatic carbocycles. The fraction of sp³-hybridized carbons (Fsp3) is 0.750. The number of rotatable bonds is 5. The van der Waals surface area contributed by atoms with Gasteiger partial charge in [-0.2, -0.15) is 0 Å². The highest BCUT2D eigenvalue weighted by Crippen LogP contribution is 2.39. The molecule has 0 bridgehead atoms. The summed E-state index contributed by atoms with van der Waals surface area (Å²) in [6, 6.07) is 0.530. The van der Waals surface area contributed by atoms with Gasteiger partial charge in [0.05, 0.1) is 0 Å². The van der Waals surface area contributed by atoms with Gasteiger partial charge >= 0.3 is 0 Å². The van der Waals surface area contributed by atoms with Crippen LogP contribution in [0.1, 0.15) is 56.3 Å². The Balaban J connectivity index is 1.63. The predicted molar refractivity (Wildman–Crippen MR) is 87.1 cm³/mol. The number of hydrogen-bond acceptors (Lipinski definition) is 4. The molecule has 1 saturated heterocycles. The van der Waals surface area contributed by atoms with Gasteiger partial charge in [0.1, 0.15) is 16.8 Å². The highest BCUT2D eigenvalue weighted by molar-refractivity contribution is 6.30. The van der Waals surface area contributed by atoms with Gasteiger partial charge in [-0.1, -0.05) is 18.0 Å². The lowest BCUT2D eigenvalue weighted by Gasteiger charge is -2.32. The second-order valence-electron chi connectivity index (χ2n) is 6.45. The Morgan fingerprint density at radius 1 is 1.24 bits per heavy atom. The van der Waals surface area contributed by atoms with Crippen molar-refractivity contribution in [1.29, 1.82) is 0 Å². The van der Waals surface area contributed by atoms with E-state index in [-0.39, 0.29) is 0 Å². The largest absolute Gasteiger partial charge is 0.368 e. The first-order chi connectivity index (χ1) is 10.1. The second-order valence-corrected chi connectivity index (χ2v) is 6.81. The van der Waals surface area contributed by atoms with E-state index < -0.39 is 0 Å². The van der Waals surface area contributed by atoms with E-state index in [9.17, 15) is 0 Å². The maximum Gasteiger partial charge on any atom is 0.137 e. The molecule has 2 fully saturated rings. The fourth-order valence-corrected chi connectivity index (χ4v) is 3.11. The summed E-state index contributed by atoms with van der Waals surface area (Å²) in [6.07, 6.45) is 6.43. The smallest absolute Gasteiger partial charge is 0.137 e. The highest BCUT2D eigenvalue weighted by Gasteiger charge is 2.28. The van der Waals surface area contributed by atoms with Gasteiger partial charge in [-0.3, -0.25) is 4.90 Å². The lowest BCUT2D eigenvalue weighted by molar-refractivity contribution is 0.180. The third kappa shape index (κ3) is 3.67. The van der Waals surface area contributed by atoms with Gasteiger partial charge in [-0.05, 0) is 52.6 Å². The first-order valence-corrected chi connectivity index (χ1v) is 8.55. The molecule has 2 aliphatic rings. The Morgan fingerprint density at radius 3 is 2.62 bits per heavy atom. The van der Waals surface area contributed by atoms with Gasteiger partial charge in [-0.25, -0.2) is 9.97 Å². The average Bonchev–Trinajstić information content (AvgIpc) is 3.34. The summed E-state index contributed by atoms with van der Waals surface area (Å²) < 4.78 is 0. The number of nitrogens with zero attached hydrogens (tertiary/aromatic N) is 3. The lowest BCUT2D eigenvalue weighted by atomic mass is 10.1. The molecule has 0 aromatic carbocycles. The summed E-state index contributed by atoms with van der Waals surface area (Å²) in [5.41, 5.74) is 0.965. The number of nitrogens with one attached hydrogen (secondary N) is 1. The first kappa shape index (κ1) is 15.0. The van der Waals surface area contributed by atoms with Gasteiger partial charge in [0.25, 0.3) is 0 Å². The molecule has 0 spiro atoms. The summed E-state index contributed by atoms with van der Waals surface area (Å²) >= 11 is 6.25. The SMILES string of the molecule is Cc1c(Cl)nc(C2CC2)nc1NCC(C)N1CCCCC1. The molecule has 1 saturated carbocycles. The van der Waals surface area contributed by atoms with Crippen LogP contribution < -0.4 is 5.32 Å². The molecule has 1 unspecified atom stereocenters. The molecule has 2 heterocycles.